The molecule has 0 unspecified atom stereocenters. The van der Waals surface area contributed by atoms with Crippen molar-refractivity contribution < 1.29 is 36.0 Å². The van der Waals surface area contributed by atoms with E-state index in [4.69, 9.17) is 15.2 Å². The van der Waals surface area contributed by atoms with Gasteiger partial charge in [0.2, 0.25) is 5.75 Å². The van der Waals surface area contributed by atoms with Crippen LogP contribution in [0, 0.1) is 0 Å². The topological polar surface area (TPSA) is 68.8 Å². The molecule has 0 spiro atoms. The van der Waals surface area contributed by atoms with Crippen molar-refractivity contribution in [3.05, 3.63) is 59.3 Å². The molecule has 0 aliphatic rings. The maximum atomic E-state index is 9.59. The number of aromatic hydroxyl groups is 1. The fourth-order valence-corrected chi connectivity index (χ4v) is 2.31. The molecule has 2 heterocycles. The Morgan fingerprint density at radius 2 is 1.68 bits per heavy atom. The molecule has 0 radical (unpaired) electrons. The second kappa shape index (κ2) is 11.2. The minimum absolute atomic E-state index is 0. The quantitative estimate of drug-likeness (QED) is 0.373. The van der Waals surface area contributed by atoms with Crippen LogP contribution in [0.25, 0.3) is 5.52 Å². The Morgan fingerprint density at radius 3 is 2.32 bits per heavy atom. The zero-order valence-corrected chi connectivity index (χ0v) is 18.5. The van der Waals surface area contributed by atoms with Crippen LogP contribution in [-0.2, 0) is 0 Å². The van der Waals surface area contributed by atoms with Crippen LogP contribution in [0.2, 0.25) is 0 Å². The van der Waals surface area contributed by atoms with Crippen molar-refractivity contribution in [2.75, 3.05) is 20.0 Å². The van der Waals surface area contributed by atoms with Crippen molar-refractivity contribution >= 4 is 44.1 Å². The molecule has 1 aromatic carbocycles. The van der Waals surface area contributed by atoms with Crippen LogP contribution in [0.5, 0.6) is 17.2 Å². The molecule has 0 saturated heterocycles. The molecule has 25 heavy (non-hydrogen) atoms. The van der Waals surface area contributed by atoms with Gasteiger partial charge in [-0.3, -0.25) is 0 Å². The largest absolute Gasteiger partial charge is 1.00 e. The third-order valence-electron chi connectivity index (χ3n) is 3.15. The number of pyridine rings is 2. The van der Waals surface area contributed by atoms with Gasteiger partial charge in [0.05, 0.1) is 18.7 Å². The number of hydrogen-bond donors (Lipinski definition) is 2. The summed E-state index contributed by atoms with van der Waals surface area (Å²) in [7, 11) is 3.17. The van der Waals surface area contributed by atoms with Gasteiger partial charge in [0, 0.05) is 30.0 Å². The summed E-state index contributed by atoms with van der Waals surface area (Å²) in [4.78, 5) is 0. The Labute approximate surface area is 176 Å². The predicted molar refractivity (Wildman–Crippen MR) is 103 cm³/mol. The normalized spacial score (nSPS) is 9.08. The zero-order chi connectivity index (χ0) is 16.8. The minimum atomic E-state index is 0. The highest BCUT2D eigenvalue weighted by Crippen LogP contribution is 2.28. The molecule has 8 heteroatoms. The summed E-state index contributed by atoms with van der Waals surface area (Å²) >= 11 is 3.25. The molecule has 0 atom stereocenters. The van der Waals surface area contributed by atoms with Crippen molar-refractivity contribution in [1.29, 1.82) is 0 Å². The van der Waals surface area contributed by atoms with E-state index < -0.39 is 0 Å². The molecule has 2 aromatic heterocycles. The molecule has 3 aromatic rings. The van der Waals surface area contributed by atoms with Crippen molar-refractivity contribution in [2.45, 2.75) is 0 Å². The van der Waals surface area contributed by atoms with Crippen molar-refractivity contribution in [3.63, 3.8) is 0 Å². The number of ether oxygens (including phenoxy) is 2. The van der Waals surface area contributed by atoms with Gasteiger partial charge in [0.15, 0.2) is 23.9 Å². The highest BCUT2D eigenvalue weighted by Gasteiger charge is 2.09. The number of rotatable bonds is 2. The van der Waals surface area contributed by atoms with E-state index in [-0.39, 0.29) is 39.7 Å². The number of halogens is 3. The first kappa shape index (κ1) is 23.5. The van der Waals surface area contributed by atoms with Crippen molar-refractivity contribution in [1.82, 2.24) is 0 Å². The number of nitrogen functional groups attached to an aromatic ring is 1. The monoisotopic (exact) mass is 536 g/mol. The van der Waals surface area contributed by atoms with E-state index in [1.165, 1.54) is 0 Å². The Hall–Kier alpha value is -1.51. The summed E-state index contributed by atoms with van der Waals surface area (Å²) in [6.07, 6.45) is 3.78. The van der Waals surface area contributed by atoms with E-state index in [1.807, 2.05) is 41.1 Å². The predicted octanol–water partition coefficient (Wildman–Crippen LogP) is 0.761. The molecule has 136 valence electrons. The Morgan fingerprint density at radius 1 is 1.00 bits per heavy atom. The summed E-state index contributed by atoms with van der Waals surface area (Å²) in [6.45, 7) is 0. The lowest BCUT2D eigenvalue weighted by Gasteiger charge is -2.06. The van der Waals surface area contributed by atoms with E-state index in [1.54, 1.807) is 32.4 Å². The van der Waals surface area contributed by atoms with Crippen LogP contribution in [-0.4, -0.2) is 19.3 Å². The van der Waals surface area contributed by atoms with E-state index in [0.717, 1.165) is 5.52 Å². The number of benzene rings is 1. The summed E-state index contributed by atoms with van der Waals surface area (Å²) in [5.41, 5.74) is 6.99. The Balaban J connectivity index is 0.000000429. The molecule has 3 N–H and O–H groups in total. The van der Waals surface area contributed by atoms with Crippen LogP contribution in [0.4, 0.5) is 5.69 Å². The third-order valence-corrected chi connectivity index (χ3v) is 3.79. The van der Waals surface area contributed by atoms with Gasteiger partial charge in [0.25, 0.3) is 5.52 Å². The fraction of sp³-hybridized carbons (Fsp3) is 0.118. The first-order chi connectivity index (χ1) is 11.1. The van der Waals surface area contributed by atoms with Gasteiger partial charge in [-0.1, -0.05) is 0 Å². The molecule has 0 saturated carbocycles. The Kier molecular flexibility index (Phi) is 10.5. The van der Waals surface area contributed by atoms with Crippen molar-refractivity contribution in [2.24, 2.45) is 0 Å². The first-order valence-electron chi connectivity index (χ1n) is 6.81. The molecule has 0 aliphatic carbocycles. The van der Waals surface area contributed by atoms with E-state index in [2.05, 4.69) is 15.9 Å². The molecular weight excluding hydrogens is 520 g/mol. The highest BCUT2D eigenvalue weighted by atomic mass is 79.9. The van der Waals surface area contributed by atoms with E-state index in [0.29, 0.717) is 21.7 Å². The first-order valence-corrected chi connectivity index (χ1v) is 7.61. The average Bonchev–Trinajstić information content (AvgIpc) is 2.59. The number of methoxy groups -OCH3 is 2. The second-order valence-corrected chi connectivity index (χ2v) is 5.47. The number of nitrogens with zero attached hydrogens (tertiary/aromatic N) is 1. The van der Waals surface area contributed by atoms with E-state index in [9.17, 15) is 5.11 Å². The second-order valence-electron chi connectivity index (χ2n) is 4.62. The summed E-state index contributed by atoms with van der Waals surface area (Å²) in [5.74, 6) is 1.63. The van der Waals surface area contributed by atoms with Gasteiger partial charge >= 0.3 is 0 Å². The molecule has 5 nitrogen and oxygen atoms in total. The molecule has 0 fully saturated rings. The summed E-state index contributed by atoms with van der Waals surface area (Å²) in [6, 6.07) is 12.7. The number of fused-ring (bicyclic) bond motifs is 1. The maximum Gasteiger partial charge on any atom is 0.253 e. The van der Waals surface area contributed by atoms with Gasteiger partial charge in [0.1, 0.15) is 0 Å². The van der Waals surface area contributed by atoms with Crippen LogP contribution in [0.3, 0.4) is 0 Å². The van der Waals surface area contributed by atoms with E-state index >= 15 is 0 Å². The van der Waals surface area contributed by atoms with Gasteiger partial charge in [-0.2, -0.15) is 4.40 Å². The average molecular weight is 539 g/mol. The molecule has 0 amide bonds. The van der Waals surface area contributed by atoms with Crippen LogP contribution in [0.1, 0.15) is 0 Å². The van der Waals surface area contributed by atoms with Crippen LogP contribution >= 0.6 is 32.9 Å². The Bertz CT molecular complexity index is 816. The standard InChI is InChI=1S/C9H6BrNO.C8H11NO2.2BrH/c10-7-4-6-11-5-2-1-3-8(11)9(7)12;1-10-7-4-3-6(9)5-8(7)11-2;;/h1-6H;3-5H,9H2,1-2H3;2*1H. The van der Waals surface area contributed by atoms with Crippen LogP contribution < -0.4 is 36.6 Å². The zero-order valence-electron chi connectivity index (χ0n) is 13.6. The maximum absolute atomic E-state index is 9.59. The van der Waals surface area contributed by atoms with Gasteiger partial charge in [-0.25, -0.2) is 0 Å². The summed E-state index contributed by atoms with van der Waals surface area (Å²) < 4.78 is 12.6. The SMILES string of the molecule is Br.COc1ccc(N)cc1OC.Oc1c(Br)cc[n+]2ccccc12.[Br-]. The van der Waals surface area contributed by atoms with Crippen LogP contribution in [0.15, 0.2) is 59.3 Å². The smallest absolute Gasteiger partial charge is 0.253 e. The highest BCUT2D eigenvalue weighted by molar-refractivity contribution is 9.10. The lowest BCUT2D eigenvalue weighted by atomic mass is 10.3. The molecular formula is C17H19Br3N2O3. The van der Waals surface area contributed by atoms with Gasteiger partial charge in [-0.15, -0.1) is 17.0 Å². The number of anilines is 1. The summed E-state index contributed by atoms with van der Waals surface area (Å²) in [5, 5.41) is 9.59. The lowest BCUT2D eigenvalue weighted by Crippen LogP contribution is -3.00. The van der Waals surface area contributed by atoms with Crippen molar-refractivity contribution in [3.8, 4) is 17.2 Å². The number of hydrogen-bond acceptors (Lipinski definition) is 4. The number of aromatic nitrogens is 1. The van der Waals surface area contributed by atoms with Gasteiger partial charge in [-0.05, 0) is 34.1 Å². The fourth-order valence-electron chi connectivity index (χ4n) is 1.99. The number of nitrogens with two attached hydrogens (primary N) is 1. The minimum Gasteiger partial charge on any atom is -1.00 e. The van der Waals surface area contributed by atoms with Gasteiger partial charge < -0.3 is 37.3 Å². The molecule has 0 aliphatic heterocycles. The molecule has 0 bridgehead atoms. The molecule has 3 rings (SSSR count). The third kappa shape index (κ3) is 6.05. The lowest BCUT2D eigenvalue weighted by molar-refractivity contribution is -0.512.